The summed E-state index contributed by atoms with van der Waals surface area (Å²) < 4.78 is 0. The number of amides is 1. The largest absolute Gasteiger partial charge is 0.356 e. The molecule has 0 atom stereocenters. The van der Waals surface area contributed by atoms with Crippen LogP contribution in [0.5, 0.6) is 0 Å². The van der Waals surface area contributed by atoms with Gasteiger partial charge < -0.3 is 16.0 Å². The number of rotatable bonds is 7. The number of nitrogens with one attached hydrogen (secondary N) is 3. The molecule has 124 valence electrons. The van der Waals surface area contributed by atoms with Crippen molar-refractivity contribution < 1.29 is 4.79 Å². The van der Waals surface area contributed by atoms with Crippen LogP contribution in [0.3, 0.4) is 0 Å². The highest BCUT2D eigenvalue weighted by Gasteiger charge is 2.22. The summed E-state index contributed by atoms with van der Waals surface area (Å²) in [6, 6.07) is 0.446. The van der Waals surface area contributed by atoms with Crippen LogP contribution in [0.1, 0.15) is 35.6 Å². The number of carbonyl (C=O) groups excluding carboxylic acids is 1. The monoisotopic (exact) mass is 437 g/mol. The van der Waals surface area contributed by atoms with E-state index in [4.69, 9.17) is 0 Å². The number of aryl methyl sites for hydroxylation is 1. The van der Waals surface area contributed by atoms with E-state index in [1.165, 1.54) is 4.88 Å². The lowest BCUT2D eigenvalue weighted by molar-refractivity contribution is -0.121. The number of halogens is 1. The van der Waals surface area contributed by atoms with Crippen molar-refractivity contribution in [3.05, 3.63) is 16.1 Å². The Labute approximate surface area is 152 Å². The Kier molecular flexibility index (Phi) is 8.69. The standard InChI is InChI=1S/C14H23N5OS.HI/c1-10-8-17-13(21-10)9-18-14(15-2)16-7-3-4-12(20)19-11-5-6-11;/h8,11H,3-7,9H2,1-2H3,(H,19,20)(H2,15,16,18);1H. The Morgan fingerprint density at radius 1 is 1.45 bits per heavy atom. The Balaban J connectivity index is 0.00000242. The lowest BCUT2D eigenvalue weighted by atomic mass is 10.3. The van der Waals surface area contributed by atoms with Crippen molar-refractivity contribution in [1.29, 1.82) is 0 Å². The van der Waals surface area contributed by atoms with Gasteiger partial charge in [-0.1, -0.05) is 0 Å². The first kappa shape index (κ1) is 19.1. The van der Waals surface area contributed by atoms with E-state index < -0.39 is 0 Å². The highest BCUT2D eigenvalue weighted by atomic mass is 127. The molecule has 1 amide bonds. The van der Waals surface area contributed by atoms with Gasteiger partial charge in [0.05, 0.1) is 6.54 Å². The molecule has 1 aromatic rings. The summed E-state index contributed by atoms with van der Waals surface area (Å²) in [5, 5.41) is 10.4. The average Bonchev–Trinajstić information content (AvgIpc) is 3.18. The van der Waals surface area contributed by atoms with Gasteiger partial charge in [0, 0.05) is 37.1 Å². The molecule has 1 fully saturated rings. The third-order valence-electron chi connectivity index (χ3n) is 3.12. The van der Waals surface area contributed by atoms with Gasteiger partial charge in [0.2, 0.25) is 5.91 Å². The van der Waals surface area contributed by atoms with E-state index in [1.54, 1.807) is 18.4 Å². The van der Waals surface area contributed by atoms with Crippen LogP contribution in [-0.4, -0.2) is 36.5 Å². The van der Waals surface area contributed by atoms with Crippen LogP contribution in [0.2, 0.25) is 0 Å². The molecule has 6 nitrogen and oxygen atoms in total. The van der Waals surface area contributed by atoms with Crippen LogP contribution in [0.25, 0.3) is 0 Å². The fraction of sp³-hybridized carbons (Fsp3) is 0.643. The van der Waals surface area contributed by atoms with Gasteiger partial charge in [-0.3, -0.25) is 9.79 Å². The molecule has 1 aliphatic carbocycles. The Morgan fingerprint density at radius 3 is 2.82 bits per heavy atom. The zero-order valence-corrected chi connectivity index (χ0v) is 16.2. The lowest BCUT2D eigenvalue weighted by Crippen LogP contribution is -2.37. The van der Waals surface area contributed by atoms with Gasteiger partial charge in [-0.15, -0.1) is 35.3 Å². The molecule has 1 aliphatic rings. The molecule has 0 saturated heterocycles. The number of aromatic nitrogens is 1. The molecule has 0 aromatic carbocycles. The molecule has 1 heterocycles. The molecular formula is C14H24IN5OS. The van der Waals surface area contributed by atoms with E-state index in [0.717, 1.165) is 36.8 Å². The van der Waals surface area contributed by atoms with Gasteiger partial charge in [0.25, 0.3) is 0 Å². The molecule has 22 heavy (non-hydrogen) atoms. The third-order valence-corrected chi connectivity index (χ3v) is 4.03. The highest BCUT2D eigenvalue weighted by Crippen LogP contribution is 2.18. The maximum Gasteiger partial charge on any atom is 0.220 e. The first-order valence-electron chi connectivity index (χ1n) is 7.32. The molecule has 0 bridgehead atoms. The summed E-state index contributed by atoms with van der Waals surface area (Å²) >= 11 is 1.67. The van der Waals surface area contributed by atoms with Crippen molar-refractivity contribution in [2.45, 2.75) is 45.2 Å². The van der Waals surface area contributed by atoms with Gasteiger partial charge in [-0.05, 0) is 26.2 Å². The molecule has 1 aromatic heterocycles. The molecular weight excluding hydrogens is 413 g/mol. The molecule has 2 rings (SSSR count). The van der Waals surface area contributed by atoms with Crippen molar-refractivity contribution in [2.24, 2.45) is 4.99 Å². The lowest BCUT2D eigenvalue weighted by Gasteiger charge is -2.10. The second-order valence-corrected chi connectivity index (χ2v) is 6.48. The van der Waals surface area contributed by atoms with E-state index >= 15 is 0 Å². The maximum atomic E-state index is 11.5. The maximum absolute atomic E-state index is 11.5. The predicted octanol–water partition coefficient (Wildman–Crippen LogP) is 1.79. The minimum atomic E-state index is 0. The average molecular weight is 437 g/mol. The molecule has 1 saturated carbocycles. The van der Waals surface area contributed by atoms with Crippen molar-refractivity contribution >= 4 is 47.2 Å². The number of hydrogen-bond donors (Lipinski definition) is 3. The van der Waals surface area contributed by atoms with Gasteiger partial charge in [-0.2, -0.15) is 0 Å². The Bertz CT molecular complexity index is 501. The van der Waals surface area contributed by atoms with Crippen molar-refractivity contribution in [2.75, 3.05) is 13.6 Å². The van der Waals surface area contributed by atoms with Crippen LogP contribution in [0.4, 0.5) is 0 Å². The number of hydrogen-bond acceptors (Lipinski definition) is 4. The summed E-state index contributed by atoms with van der Waals surface area (Å²) in [6.07, 6.45) is 5.51. The normalized spacial score (nSPS) is 14.2. The molecule has 0 radical (unpaired) electrons. The van der Waals surface area contributed by atoms with Gasteiger partial charge in [0.1, 0.15) is 5.01 Å². The number of thiazole rings is 1. The number of aliphatic imine (C=N–C) groups is 1. The molecule has 0 unspecified atom stereocenters. The second kappa shape index (κ2) is 9.98. The number of carbonyl (C=O) groups is 1. The third kappa shape index (κ3) is 7.39. The summed E-state index contributed by atoms with van der Waals surface area (Å²) in [4.78, 5) is 21.2. The van der Waals surface area contributed by atoms with Gasteiger partial charge >= 0.3 is 0 Å². The Morgan fingerprint density at radius 2 is 2.23 bits per heavy atom. The van der Waals surface area contributed by atoms with Crippen molar-refractivity contribution in [3.8, 4) is 0 Å². The van der Waals surface area contributed by atoms with Crippen molar-refractivity contribution in [3.63, 3.8) is 0 Å². The van der Waals surface area contributed by atoms with Gasteiger partial charge in [-0.25, -0.2) is 4.98 Å². The van der Waals surface area contributed by atoms with E-state index in [-0.39, 0.29) is 29.9 Å². The fourth-order valence-corrected chi connectivity index (χ4v) is 2.57. The first-order valence-corrected chi connectivity index (χ1v) is 8.14. The molecule has 0 spiro atoms. The summed E-state index contributed by atoms with van der Waals surface area (Å²) in [6.45, 7) is 3.44. The highest BCUT2D eigenvalue weighted by molar-refractivity contribution is 14.0. The number of nitrogens with zero attached hydrogens (tertiary/aromatic N) is 2. The summed E-state index contributed by atoms with van der Waals surface area (Å²) in [7, 11) is 1.74. The van der Waals surface area contributed by atoms with Crippen LogP contribution in [0, 0.1) is 6.92 Å². The van der Waals surface area contributed by atoms with E-state index in [2.05, 4.69) is 25.9 Å². The number of guanidine groups is 1. The predicted molar refractivity (Wildman–Crippen MR) is 101 cm³/mol. The second-order valence-electron chi connectivity index (χ2n) is 5.16. The topological polar surface area (TPSA) is 78.4 Å². The zero-order valence-electron chi connectivity index (χ0n) is 13.0. The summed E-state index contributed by atoms with van der Waals surface area (Å²) in [5.41, 5.74) is 0. The smallest absolute Gasteiger partial charge is 0.220 e. The van der Waals surface area contributed by atoms with Crippen LogP contribution >= 0.6 is 35.3 Å². The Hall–Kier alpha value is -0.900. The van der Waals surface area contributed by atoms with Crippen LogP contribution in [0.15, 0.2) is 11.2 Å². The summed E-state index contributed by atoms with van der Waals surface area (Å²) in [5.74, 6) is 0.894. The zero-order chi connectivity index (χ0) is 15.1. The molecule has 3 N–H and O–H groups in total. The fourth-order valence-electron chi connectivity index (χ4n) is 1.85. The van der Waals surface area contributed by atoms with Crippen LogP contribution < -0.4 is 16.0 Å². The molecule has 0 aliphatic heterocycles. The minimum absolute atomic E-state index is 0. The van der Waals surface area contributed by atoms with Crippen LogP contribution in [-0.2, 0) is 11.3 Å². The first-order chi connectivity index (χ1) is 10.2. The SMILES string of the molecule is CN=C(NCCCC(=O)NC1CC1)NCc1ncc(C)s1.I. The van der Waals surface area contributed by atoms with E-state index in [0.29, 0.717) is 19.0 Å². The quantitative estimate of drug-likeness (QED) is 0.263. The van der Waals surface area contributed by atoms with E-state index in [9.17, 15) is 4.79 Å². The molecule has 8 heteroatoms. The van der Waals surface area contributed by atoms with Gasteiger partial charge in [0.15, 0.2) is 5.96 Å². The minimum Gasteiger partial charge on any atom is -0.356 e. The van der Waals surface area contributed by atoms with Crippen molar-refractivity contribution in [1.82, 2.24) is 20.9 Å². The van der Waals surface area contributed by atoms with E-state index in [1.807, 2.05) is 13.1 Å².